The number of hydrogen-bond donors (Lipinski definition) is 2. The fourth-order valence-corrected chi connectivity index (χ4v) is 3.54. The Bertz CT molecular complexity index is 1180. The molecule has 0 fully saturated rings. The molecule has 8 heteroatoms. The molecule has 0 aliphatic carbocycles. The number of nitrogens with one attached hydrogen (secondary N) is 2. The molecule has 150 valence electrons. The molecule has 0 amide bonds. The van der Waals surface area contributed by atoms with Crippen molar-refractivity contribution in [2.45, 2.75) is 27.7 Å². The van der Waals surface area contributed by atoms with Gasteiger partial charge in [-0.15, -0.1) is 0 Å². The van der Waals surface area contributed by atoms with E-state index >= 15 is 0 Å². The second kappa shape index (κ2) is 7.01. The van der Waals surface area contributed by atoms with E-state index in [4.69, 9.17) is 4.74 Å². The maximum absolute atomic E-state index is 12.2. The van der Waals surface area contributed by atoms with Crippen molar-refractivity contribution < 1.29 is 13.2 Å². The zero-order valence-electron chi connectivity index (χ0n) is 16.7. The Balaban J connectivity index is 2.20. The Kier molecular flexibility index (Phi) is 5.01. The maximum Gasteiger partial charge on any atom is 0.272 e. The van der Waals surface area contributed by atoms with Crippen LogP contribution in [-0.4, -0.2) is 30.7 Å². The Hall–Kier alpha value is -2.74. The van der Waals surface area contributed by atoms with Crippen LogP contribution in [0.4, 0.5) is 5.69 Å². The van der Waals surface area contributed by atoms with Crippen LogP contribution in [0.3, 0.4) is 0 Å². The zero-order valence-corrected chi connectivity index (χ0v) is 17.5. The molecule has 0 saturated heterocycles. The second-order valence-electron chi connectivity index (χ2n) is 8.15. The molecule has 0 aliphatic rings. The molecule has 0 aliphatic heterocycles. The minimum atomic E-state index is -3.42. The topological polar surface area (TPSA) is 92.7 Å². The molecule has 3 rings (SSSR count). The number of aromatic amines is 1. The van der Waals surface area contributed by atoms with E-state index in [9.17, 15) is 13.2 Å². The lowest BCUT2D eigenvalue weighted by molar-refractivity contribution is 0.198. The summed E-state index contributed by atoms with van der Waals surface area (Å²) in [6.45, 7) is 8.57. The van der Waals surface area contributed by atoms with Gasteiger partial charge >= 0.3 is 0 Å². The molecule has 0 saturated carbocycles. The van der Waals surface area contributed by atoms with E-state index in [0.29, 0.717) is 29.1 Å². The third kappa shape index (κ3) is 4.39. The van der Waals surface area contributed by atoms with Gasteiger partial charge in [0.15, 0.2) is 0 Å². The van der Waals surface area contributed by atoms with Crippen molar-refractivity contribution >= 4 is 21.2 Å². The first-order valence-electron chi connectivity index (χ1n) is 8.89. The average molecular weight is 404 g/mol. The van der Waals surface area contributed by atoms with E-state index < -0.39 is 10.0 Å². The smallest absolute Gasteiger partial charge is 0.272 e. The number of fused-ring (bicyclic) bond motifs is 1. The quantitative estimate of drug-likeness (QED) is 0.683. The largest absolute Gasteiger partial charge is 0.492 e. The predicted octanol–water partition coefficient (Wildman–Crippen LogP) is 3.40. The number of benzene rings is 1. The summed E-state index contributed by atoms with van der Waals surface area (Å²) in [6, 6.07) is 7.03. The molecule has 1 aromatic carbocycles. The van der Waals surface area contributed by atoms with Crippen LogP contribution in [-0.2, 0) is 10.0 Å². The molecule has 2 aromatic heterocycles. The minimum absolute atomic E-state index is 0.0464. The number of rotatable bonds is 5. The van der Waals surface area contributed by atoms with Crippen molar-refractivity contribution in [3.05, 3.63) is 52.6 Å². The van der Waals surface area contributed by atoms with E-state index in [-0.39, 0.29) is 11.0 Å². The average Bonchev–Trinajstić information content (AvgIpc) is 2.89. The van der Waals surface area contributed by atoms with Crippen LogP contribution in [0.1, 0.15) is 26.3 Å². The summed E-state index contributed by atoms with van der Waals surface area (Å²) in [7, 11) is -3.42. The highest BCUT2D eigenvalue weighted by molar-refractivity contribution is 7.92. The van der Waals surface area contributed by atoms with Gasteiger partial charge in [-0.2, -0.15) is 0 Å². The van der Waals surface area contributed by atoms with Crippen molar-refractivity contribution in [3.8, 4) is 17.0 Å². The number of aryl methyl sites for hydroxylation is 1. The molecule has 3 aromatic rings. The van der Waals surface area contributed by atoms with E-state index in [2.05, 4.69) is 30.5 Å². The Morgan fingerprint density at radius 1 is 1.21 bits per heavy atom. The minimum Gasteiger partial charge on any atom is -0.492 e. The summed E-state index contributed by atoms with van der Waals surface area (Å²) in [6.07, 6.45) is 4.45. The van der Waals surface area contributed by atoms with Gasteiger partial charge < -0.3 is 14.1 Å². The number of H-pyrrole nitrogens is 1. The molecule has 2 N–H and O–H groups in total. The number of nitrogens with zero attached hydrogens (tertiary/aromatic N) is 1. The fraction of sp³-hybridized carbons (Fsp3) is 0.350. The number of sulfonamides is 1. The van der Waals surface area contributed by atoms with Crippen LogP contribution in [0.25, 0.3) is 16.8 Å². The van der Waals surface area contributed by atoms with Crippen molar-refractivity contribution in [1.82, 2.24) is 9.38 Å². The van der Waals surface area contributed by atoms with Crippen LogP contribution >= 0.6 is 0 Å². The highest BCUT2D eigenvalue weighted by atomic mass is 32.2. The lowest BCUT2D eigenvalue weighted by atomic mass is 9.98. The lowest BCUT2D eigenvalue weighted by Crippen LogP contribution is -2.17. The number of aromatic nitrogens is 2. The van der Waals surface area contributed by atoms with Crippen molar-refractivity contribution in [2.75, 3.05) is 17.6 Å². The van der Waals surface area contributed by atoms with Gasteiger partial charge in [0.05, 0.1) is 18.6 Å². The first-order chi connectivity index (χ1) is 12.9. The van der Waals surface area contributed by atoms with Gasteiger partial charge in [0.1, 0.15) is 11.3 Å². The highest BCUT2D eigenvalue weighted by Crippen LogP contribution is 2.35. The molecular formula is C20H25N3O4S. The number of anilines is 1. The number of hydrogen-bond acceptors (Lipinski definition) is 4. The first-order valence-corrected chi connectivity index (χ1v) is 10.8. The lowest BCUT2D eigenvalue weighted by Gasteiger charge is -2.21. The molecule has 0 unspecified atom stereocenters. The van der Waals surface area contributed by atoms with Gasteiger partial charge in [0, 0.05) is 23.6 Å². The van der Waals surface area contributed by atoms with Gasteiger partial charge in [0.25, 0.3) is 5.56 Å². The van der Waals surface area contributed by atoms with Crippen LogP contribution in [0, 0.1) is 12.3 Å². The van der Waals surface area contributed by atoms with Crippen molar-refractivity contribution in [2.24, 2.45) is 5.41 Å². The Morgan fingerprint density at radius 2 is 1.93 bits per heavy atom. The van der Waals surface area contributed by atoms with Crippen LogP contribution < -0.4 is 15.0 Å². The molecule has 0 radical (unpaired) electrons. The molecule has 0 spiro atoms. The summed E-state index contributed by atoms with van der Waals surface area (Å²) in [5.74, 6) is 0.619. The van der Waals surface area contributed by atoms with E-state index in [1.54, 1.807) is 35.0 Å². The van der Waals surface area contributed by atoms with Gasteiger partial charge in [-0.3, -0.25) is 9.52 Å². The SMILES string of the molecule is Cc1cc(-c2cc(NS(C)(=O)=O)ccc2OCC(C)(C)C)n2cc[nH]c(=O)c12. The first kappa shape index (κ1) is 20.0. The summed E-state index contributed by atoms with van der Waals surface area (Å²) in [4.78, 5) is 14.9. The third-order valence-electron chi connectivity index (χ3n) is 4.10. The van der Waals surface area contributed by atoms with Gasteiger partial charge in [-0.1, -0.05) is 20.8 Å². The van der Waals surface area contributed by atoms with Crippen molar-refractivity contribution in [3.63, 3.8) is 0 Å². The summed E-state index contributed by atoms with van der Waals surface area (Å²) >= 11 is 0. The zero-order chi connectivity index (χ0) is 20.7. The van der Waals surface area contributed by atoms with Gasteiger partial charge in [0.2, 0.25) is 10.0 Å². The van der Waals surface area contributed by atoms with E-state index in [1.807, 2.05) is 13.0 Å². The monoisotopic (exact) mass is 403 g/mol. The predicted molar refractivity (Wildman–Crippen MR) is 112 cm³/mol. The maximum atomic E-state index is 12.2. The van der Waals surface area contributed by atoms with Crippen LogP contribution in [0.15, 0.2) is 41.5 Å². The van der Waals surface area contributed by atoms with E-state index in [0.717, 1.165) is 17.5 Å². The third-order valence-corrected chi connectivity index (χ3v) is 4.71. The van der Waals surface area contributed by atoms with Gasteiger partial charge in [-0.25, -0.2) is 8.42 Å². The molecule has 2 heterocycles. The fourth-order valence-electron chi connectivity index (χ4n) is 2.99. The molecule has 28 heavy (non-hydrogen) atoms. The Labute approximate surface area is 164 Å². The van der Waals surface area contributed by atoms with Gasteiger partial charge in [-0.05, 0) is 42.2 Å². The standard InChI is InChI=1S/C20H25N3O4S/c1-13-10-16(23-9-8-21-19(24)18(13)23)15-11-14(22-28(5,25)26)6-7-17(15)27-12-20(2,3)4/h6-11,22H,12H2,1-5H3,(H,21,24). The highest BCUT2D eigenvalue weighted by Gasteiger charge is 2.18. The summed E-state index contributed by atoms with van der Waals surface area (Å²) in [5.41, 5.74) is 3.01. The number of ether oxygens (including phenoxy) is 1. The normalized spacial score (nSPS) is 12.3. The molecule has 0 atom stereocenters. The second-order valence-corrected chi connectivity index (χ2v) is 9.90. The van der Waals surface area contributed by atoms with E-state index in [1.165, 1.54) is 0 Å². The van der Waals surface area contributed by atoms with Crippen LogP contribution in [0.5, 0.6) is 5.75 Å². The van der Waals surface area contributed by atoms with Crippen LogP contribution in [0.2, 0.25) is 0 Å². The summed E-state index contributed by atoms with van der Waals surface area (Å²) in [5, 5.41) is 0. The molecule has 7 nitrogen and oxygen atoms in total. The van der Waals surface area contributed by atoms with Crippen molar-refractivity contribution in [1.29, 1.82) is 0 Å². The molecule has 0 bridgehead atoms. The molecular weight excluding hydrogens is 378 g/mol. The Morgan fingerprint density at radius 3 is 2.57 bits per heavy atom. The summed E-state index contributed by atoms with van der Waals surface area (Å²) < 4.78 is 33.7.